The van der Waals surface area contributed by atoms with Crippen LogP contribution in [0.15, 0.2) is 24.3 Å². The molecule has 0 unspecified atom stereocenters. The van der Waals surface area contributed by atoms with Crippen LogP contribution in [0.3, 0.4) is 0 Å². The number of unbranched alkanes of at least 4 members (excludes halogenated alkanes) is 23. The van der Waals surface area contributed by atoms with E-state index in [0.717, 1.165) is 6.42 Å². The van der Waals surface area contributed by atoms with Crippen LogP contribution in [-0.4, -0.2) is 19.3 Å². The summed E-state index contributed by atoms with van der Waals surface area (Å²) in [5.41, 5.74) is 1.17. The molecule has 0 aliphatic carbocycles. The standard InChI is InChI=1S/C37H66O3/c1-4-5-6-7-8-9-10-11-12-13-14-15-16-17-18-19-20-21-22-23-24-25-26-27-28-29-30-31-34-32-35(39-2)37(38)36(33-34)40-3/h13-14,32-33,38H,4-12,15-31H2,1-3H3/b14-13-. The van der Waals surface area contributed by atoms with Crippen molar-refractivity contribution in [2.24, 2.45) is 0 Å². The Kier molecular flexibility index (Phi) is 25.0. The van der Waals surface area contributed by atoms with E-state index in [1.807, 2.05) is 12.1 Å². The van der Waals surface area contributed by atoms with Gasteiger partial charge < -0.3 is 14.6 Å². The molecule has 3 nitrogen and oxygen atoms in total. The molecule has 0 fully saturated rings. The summed E-state index contributed by atoms with van der Waals surface area (Å²) in [4.78, 5) is 0. The third-order valence-corrected chi connectivity index (χ3v) is 8.27. The van der Waals surface area contributed by atoms with Crippen molar-refractivity contribution in [3.05, 3.63) is 29.8 Å². The van der Waals surface area contributed by atoms with E-state index >= 15 is 0 Å². The molecule has 0 aliphatic heterocycles. The minimum absolute atomic E-state index is 0.0897. The van der Waals surface area contributed by atoms with Crippen LogP contribution in [0.5, 0.6) is 17.2 Å². The number of phenols is 1. The summed E-state index contributed by atoms with van der Waals surface area (Å²) < 4.78 is 10.5. The van der Waals surface area contributed by atoms with Crippen LogP contribution < -0.4 is 9.47 Å². The second kappa shape index (κ2) is 27.5. The number of hydrogen-bond donors (Lipinski definition) is 1. The first-order valence-electron chi connectivity index (χ1n) is 17.3. The molecule has 0 saturated heterocycles. The number of phenolic OH excluding ortho intramolecular Hbond substituents is 1. The summed E-state index contributed by atoms with van der Waals surface area (Å²) >= 11 is 0. The monoisotopic (exact) mass is 559 g/mol. The van der Waals surface area contributed by atoms with Crippen LogP contribution in [0.2, 0.25) is 0 Å². The summed E-state index contributed by atoms with van der Waals surface area (Å²) in [5, 5.41) is 10.0. The zero-order chi connectivity index (χ0) is 28.9. The van der Waals surface area contributed by atoms with Crippen molar-refractivity contribution >= 4 is 0 Å². The molecule has 0 aromatic heterocycles. The van der Waals surface area contributed by atoms with Crippen LogP contribution in [0.1, 0.15) is 173 Å². The summed E-state index contributed by atoms with van der Waals surface area (Å²) in [5.74, 6) is 1.08. The van der Waals surface area contributed by atoms with Crippen LogP contribution in [0.25, 0.3) is 0 Å². The average molecular weight is 559 g/mol. The molecule has 0 amide bonds. The first-order valence-corrected chi connectivity index (χ1v) is 17.3. The van der Waals surface area contributed by atoms with Crippen LogP contribution in [0.4, 0.5) is 0 Å². The zero-order valence-electron chi connectivity index (χ0n) is 27.0. The largest absolute Gasteiger partial charge is 0.502 e. The summed E-state index contributed by atoms with van der Waals surface area (Å²) in [6, 6.07) is 3.85. The second-order valence-electron chi connectivity index (χ2n) is 11.9. The fourth-order valence-corrected chi connectivity index (χ4v) is 5.61. The highest BCUT2D eigenvalue weighted by Gasteiger charge is 2.10. The topological polar surface area (TPSA) is 38.7 Å². The van der Waals surface area contributed by atoms with E-state index in [0.29, 0.717) is 11.5 Å². The molecule has 3 heteroatoms. The van der Waals surface area contributed by atoms with Gasteiger partial charge in [0, 0.05) is 0 Å². The van der Waals surface area contributed by atoms with E-state index in [1.54, 1.807) is 14.2 Å². The fourth-order valence-electron chi connectivity index (χ4n) is 5.61. The van der Waals surface area contributed by atoms with Crippen molar-refractivity contribution in [2.75, 3.05) is 14.2 Å². The van der Waals surface area contributed by atoms with Gasteiger partial charge in [0.1, 0.15) is 0 Å². The molecule has 0 heterocycles. The Labute approximate surface area is 249 Å². The van der Waals surface area contributed by atoms with Crippen molar-refractivity contribution in [2.45, 2.75) is 174 Å². The lowest BCUT2D eigenvalue weighted by Gasteiger charge is -2.11. The number of methoxy groups -OCH3 is 2. The highest BCUT2D eigenvalue weighted by Crippen LogP contribution is 2.37. The highest BCUT2D eigenvalue weighted by molar-refractivity contribution is 5.52. The molecule has 0 bridgehead atoms. The quantitative estimate of drug-likeness (QED) is 0.0785. The molecule has 40 heavy (non-hydrogen) atoms. The first kappa shape index (κ1) is 36.4. The Bertz CT molecular complexity index is 686. The molecule has 0 aliphatic rings. The number of benzene rings is 1. The van der Waals surface area contributed by atoms with E-state index in [2.05, 4.69) is 19.1 Å². The van der Waals surface area contributed by atoms with Gasteiger partial charge in [0.05, 0.1) is 14.2 Å². The Balaban J connectivity index is 1.78. The maximum atomic E-state index is 10.0. The lowest BCUT2D eigenvalue weighted by Crippen LogP contribution is -1.93. The summed E-state index contributed by atoms with van der Waals surface area (Å²) in [7, 11) is 3.16. The third kappa shape index (κ3) is 20.3. The number of aryl methyl sites for hydroxylation is 1. The molecule has 0 atom stereocenters. The summed E-state index contributed by atoms with van der Waals surface area (Å²) in [6.45, 7) is 2.29. The van der Waals surface area contributed by atoms with E-state index in [9.17, 15) is 5.11 Å². The van der Waals surface area contributed by atoms with Crippen molar-refractivity contribution < 1.29 is 14.6 Å². The zero-order valence-corrected chi connectivity index (χ0v) is 27.0. The number of allylic oxidation sites excluding steroid dienone is 2. The van der Waals surface area contributed by atoms with Crippen molar-refractivity contribution in [1.29, 1.82) is 0 Å². The molecular formula is C37H66O3. The van der Waals surface area contributed by atoms with Crippen molar-refractivity contribution in [3.8, 4) is 17.2 Å². The highest BCUT2D eigenvalue weighted by atomic mass is 16.5. The Morgan fingerprint density at radius 2 is 0.825 bits per heavy atom. The van der Waals surface area contributed by atoms with E-state index in [4.69, 9.17) is 9.47 Å². The molecule has 0 radical (unpaired) electrons. The molecule has 1 N–H and O–H groups in total. The predicted octanol–water partition coefficient (Wildman–Crippen LogP) is 12.3. The van der Waals surface area contributed by atoms with Gasteiger partial charge in [0.2, 0.25) is 5.75 Å². The maximum Gasteiger partial charge on any atom is 0.200 e. The lowest BCUT2D eigenvalue weighted by atomic mass is 10.0. The minimum Gasteiger partial charge on any atom is -0.502 e. The SMILES string of the molecule is CCCCCCCCCC/C=C\CCCCCCCCCCCCCCCCCc1cc(OC)c(O)c(OC)c1. The normalized spacial score (nSPS) is 11.5. The van der Waals surface area contributed by atoms with Crippen LogP contribution >= 0.6 is 0 Å². The fraction of sp³-hybridized carbons (Fsp3) is 0.784. The average Bonchev–Trinajstić information content (AvgIpc) is 2.97. The minimum atomic E-state index is 0.0897. The second-order valence-corrected chi connectivity index (χ2v) is 11.9. The smallest absolute Gasteiger partial charge is 0.200 e. The molecule has 232 valence electrons. The van der Waals surface area contributed by atoms with Gasteiger partial charge in [-0.2, -0.15) is 0 Å². The van der Waals surface area contributed by atoms with Gasteiger partial charge in [0.25, 0.3) is 0 Å². The molecular weight excluding hydrogens is 492 g/mol. The van der Waals surface area contributed by atoms with Crippen LogP contribution in [0, 0.1) is 0 Å². The van der Waals surface area contributed by atoms with Gasteiger partial charge in [-0.25, -0.2) is 0 Å². The molecule has 0 saturated carbocycles. The van der Waals surface area contributed by atoms with E-state index in [1.165, 1.54) is 166 Å². The molecule has 0 spiro atoms. The Morgan fingerprint density at radius 1 is 0.500 bits per heavy atom. The van der Waals surface area contributed by atoms with Gasteiger partial charge >= 0.3 is 0 Å². The van der Waals surface area contributed by atoms with Crippen molar-refractivity contribution in [1.82, 2.24) is 0 Å². The predicted molar refractivity (Wildman–Crippen MR) is 175 cm³/mol. The van der Waals surface area contributed by atoms with Gasteiger partial charge in [0.15, 0.2) is 11.5 Å². The van der Waals surface area contributed by atoms with Gasteiger partial charge in [-0.3, -0.25) is 0 Å². The number of ether oxygens (including phenoxy) is 2. The van der Waals surface area contributed by atoms with Crippen LogP contribution in [-0.2, 0) is 6.42 Å². The van der Waals surface area contributed by atoms with Gasteiger partial charge in [-0.15, -0.1) is 0 Å². The number of hydrogen-bond acceptors (Lipinski definition) is 3. The molecule has 1 aromatic carbocycles. The number of aromatic hydroxyl groups is 1. The first-order chi connectivity index (χ1) is 19.7. The lowest BCUT2D eigenvalue weighted by molar-refractivity contribution is 0.339. The Morgan fingerprint density at radius 3 is 1.18 bits per heavy atom. The van der Waals surface area contributed by atoms with Gasteiger partial charge in [-0.1, -0.05) is 147 Å². The van der Waals surface area contributed by atoms with E-state index < -0.39 is 0 Å². The third-order valence-electron chi connectivity index (χ3n) is 8.27. The summed E-state index contributed by atoms with van der Waals surface area (Å²) in [6.07, 6.45) is 40.6. The van der Waals surface area contributed by atoms with Gasteiger partial charge in [-0.05, 0) is 56.2 Å². The maximum absolute atomic E-state index is 10.0. The number of rotatable bonds is 29. The van der Waals surface area contributed by atoms with E-state index in [-0.39, 0.29) is 5.75 Å². The molecule has 1 rings (SSSR count). The van der Waals surface area contributed by atoms with Crippen molar-refractivity contribution in [3.63, 3.8) is 0 Å². The Hall–Kier alpha value is -1.64. The molecule has 1 aromatic rings.